The molecule has 0 aliphatic heterocycles. The second-order valence-electron chi connectivity index (χ2n) is 5.95. The Labute approximate surface area is 157 Å². The zero-order valence-electron chi connectivity index (χ0n) is 14.6. The van der Waals surface area contributed by atoms with E-state index in [0.29, 0.717) is 0 Å². The summed E-state index contributed by atoms with van der Waals surface area (Å²) in [5.74, 6) is 0. The minimum Gasteiger partial charge on any atom is -0.376 e. The molecule has 0 aliphatic rings. The zero-order chi connectivity index (χ0) is 18.5. The molecule has 0 atom stereocenters. The first-order chi connectivity index (χ1) is 13.4. The molecule has 132 valence electrons. The van der Waals surface area contributed by atoms with Crippen molar-refractivity contribution in [2.24, 2.45) is 0 Å². The summed E-state index contributed by atoms with van der Waals surface area (Å²) in [4.78, 5) is 14.2. The van der Waals surface area contributed by atoms with Crippen molar-refractivity contribution in [1.29, 1.82) is 0 Å². The fourth-order valence-electron chi connectivity index (χ4n) is 3.18. The first kappa shape index (κ1) is 16.9. The van der Waals surface area contributed by atoms with E-state index in [9.17, 15) is 5.11 Å². The van der Waals surface area contributed by atoms with E-state index in [0.717, 1.165) is 33.6 Å². The maximum Gasteiger partial charge on any atom is 0.120 e. The van der Waals surface area contributed by atoms with E-state index in [1.54, 1.807) is 37.2 Å². The Kier molecular flexibility index (Phi) is 4.85. The minimum absolute atomic E-state index is 0.151. The highest BCUT2D eigenvalue weighted by molar-refractivity contribution is 5.93. The number of rotatable bonds is 5. The van der Waals surface area contributed by atoms with Crippen LogP contribution in [0.3, 0.4) is 0 Å². The van der Waals surface area contributed by atoms with Crippen molar-refractivity contribution >= 4 is 11.4 Å². The number of hydrogen-bond donors (Lipinski definition) is 1. The Balaban J connectivity index is 1.97. The molecular formula is C22H18N4O. The second-order valence-corrected chi connectivity index (χ2v) is 5.95. The van der Waals surface area contributed by atoms with Gasteiger partial charge >= 0.3 is 0 Å². The van der Waals surface area contributed by atoms with Crippen molar-refractivity contribution in [2.45, 2.75) is 0 Å². The largest absolute Gasteiger partial charge is 0.376 e. The summed E-state index contributed by atoms with van der Waals surface area (Å²) in [5.41, 5.74) is 5.95. The molecule has 0 spiro atoms. The average Bonchev–Trinajstić information content (AvgIpc) is 2.76. The van der Waals surface area contributed by atoms with E-state index in [2.05, 4.69) is 21.0 Å². The molecule has 4 aromatic rings. The highest BCUT2D eigenvalue weighted by atomic mass is 16.3. The molecule has 5 nitrogen and oxygen atoms in total. The predicted molar refractivity (Wildman–Crippen MR) is 106 cm³/mol. The van der Waals surface area contributed by atoms with Crippen LogP contribution < -0.4 is 4.90 Å². The van der Waals surface area contributed by atoms with E-state index in [1.165, 1.54) is 0 Å². The monoisotopic (exact) mass is 354 g/mol. The van der Waals surface area contributed by atoms with E-state index in [1.807, 2.05) is 53.4 Å². The Morgan fingerprint density at radius 2 is 1.22 bits per heavy atom. The van der Waals surface area contributed by atoms with Gasteiger partial charge in [-0.3, -0.25) is 15.0 Å². The van der Waals surface area contributed by atoms with Gasteiger partial charge in [-0.2, -0.15) is 0 Å². The summed E-state index contributed by atoms with van der Waals surface area (Å²) in [6, 6.07) is 17.8. The highest BCUT2D eigenvalue weighted by Gasteiger charge is 2.18. The van der Waals surface area contributed by atoms with Crippen LogP contribution in [0.15, 0.2) is 91.8 Å². The predicted octanol–water partition coefficient (Wildman–Crippen LogP) is 4.29. The molecule has 1 N–H and O–H groups in total. The Bertz CT molecular complexity index is 1010. The van der Waals surface area contributed by atoms with E-state index in [4.69, 9.17) is 0 Å². The molecule has 0 aliphatic carbocycles. The third kappa shape index (κ3) is 3.41. The second kappa shape index (κ2) is 7.76. The molecule has 3 heterocycles. The van der Waals surface area contributed by atoms with Crippen LogP contribution in [0.4, 0.5) is 11.4 Å². The molecule has 0 saturated carbocycles. The summed E-state index contributed by atoms with van der Waals surface area (Å²) in [5, 5.41) is 10.1. The van der Waals surface area contributed by atoms with Crippen molar-refractivity contribution < 1.29 is 5.11 Å². The van der Waals surface area contributed by atoms with Gasteiger partial charge in [-0.15, -0.1) is 0 Å². The molecule has 4 rings (SSSR count). The first-order valence-corrected chi connectivity index (χ1v) is 8.60. The number of aliphatic hydroxyl groups excluding tert-OH is 1. The van der Waals surface area contributed by atoms with Crippen LogP contribution in [0.5, 0.6) is 0 Å². The summed E-state index contributed by atoms with van der Waals surface area (Å²) in [6.07, 6.45) is 10.6. The molecule has 3 aromatic heterocycles. The van der Waals surface area contributed by atoms with Gasteiger partial charge in [-0.05, 0) is 59.2 Å². The van der Waals surface area contributed by atoms with Crippen molar-refractivity contribution in [3.63, 3.8) is 0 Å². The molecule has 0 bridgehead atoms. The smallest absolute Gasteiger partial charge is 0.120 e. The number of hydrogen-bond acceptors (Lipinski definition) is 5. The Morgan fingerprint density at radius 1 is 0.667 bits per heavy atom. The third-order valence-electron chi connectivity index (χ3n) is 4.41. The number of anilines is 2. The van der Waals surface area contributed by atoms with Gasteiger partial charge < -0.3 is 10.0 Å². The average molecular weight is 354 g/mol. The lowest BCUT2D eigenvalue weighted by Crippen LogP contribution is -2.19. The normalized spacial score (nSPS) is 10.6. The molecule has 0 radical (unpaired) electrons. The third-order valence-corrected chi connectivity index (χ3v) is 4.41. The fourth-order valence-corrected chi connectivity index (χ4v) is 3.18. The van der Waals surface area contributed by atoms with Gasteiger partial charge in [0.2, 0.25) is 0 Å². The van der Waals surface area contributed by atoms with Crippen molar-refractivity contribution in [2.75, 3.05) is 11.6 Å². The van der Waals surface area contributed by atoms with Gasteiger partial charge in [0.15, 0.2) is 0 Å². The quantitative estimate of drug-likeness (QED) is 0.542. The number of aromatic nitrogens is 3. The minimum atomic E-state index is -0.151. The van der Waals surface area contributed by atoms with Gasteiger partial charge in [0.05, 0.1) is 5.69 Å². The lowest BCUT2D eigenvalue weighted by molar-refractivity contribution is 0.305. The maximum atomic E-state index is 10.1. The van der Waals surface area contributed by atoms with Crippen LogP contribution >= 0.6 is 0 Å². The summed E-state index contributed by atoms with van der Waals surface area (Å²) < 4.78 is 0. The number of benzene rings is 1. The zero-order valence-corrected chi connectivity index (χ0v) is 14.6. The van der Waals surface area contributed by atoms with Crippen molar-refractivity contribution in [1.82, 2.24) is 15.0 Å². The molecule has 0 saturated heterocycles. The molecule has 0 unspecified atom stereocenters. The van der Waals surface area contributed by atoms with Crippen LogP contribution in [-0.4, -0.2) is 26.8 Å². The van der Waals surface area contributed by atoms with E-state index < -0.39 is 0 Å². The van der Waals surface area contributed by atoms with Crippen LogP contribution in [0.25, 0.3) is 22.3 Å². The summed E-state index contributed by atoms with van der Waals surface area (Å²) in [6.45, 7) is -0.151. The van der Waals surface area contributed by atoms with Gasteiger partial charge in [0, 0.05) is 48.4 Å². The maximum absolute atomic E-state index is 10.1. The van der Waals surface area contributed by atoms with E-state index in [-0.39, 0.29) is 6.73 Å². The van der Waals surface area contributed by atoms with Crippen LogP contribution in [0.1, 0.15) is 0 Å². The summed E-state index contributed by atoms with van der Waals surface area (Å²) >= 11 is 0. The lowest BCUT2D eigenvalue weighted by atomic mass is 9.93. The lowest BCUT2D eigenvalue weighted by Gasteiger charge is -2.26. The standard InChI is InChI=1S/C22H18N4O/c27-16-26(19-8-14-25-15-9-19)21-3-1-2-20(17-4-10-23-11-5-17)22(21)18-6-12-24-13-7-18/h1-15,27H,16H2. The topological polar surface area (TPSA) is 62.1 Å². The van der Waals surface area contributed by atoms with Gasteiger partial charge in [0.1, 0.15) is 6.73 Å². The summed E-state index contributed by atoms with van der Waals surface area (Å²) in [7, 11) is 0. The SMILES string of the molecule is OCN(c1ccncc1)c1cccc(-c2ccncc2)c1-c1ccncc1. The Hall–Kier alpha value is -3.57. The van der Waals surface area contributed by atoms with Crippen LogP contribution in [0, 0.1) is 0 Å². The molecule has 0 amide bonds. The molecule has 5 heteroatoms. The molecule has 1 aromatic carbocycles. The van der Waals surface area contributed by atoms with Crippen LogP contribution in [0.2, 0.25) is 0 Å². The fraction of sp³-hybridized carbons (Fsp3) is 0.0455. The first-order valence-electron chi connectivity index (χ1n) is 8.60. The molecule has 27 heavy (non-hydrogen) atoms. The number of pyridine rings is 3. The Morgan fingerprint density at radius 3 is 1.81 bits per heavy atom. The molecular weight excluding hydrogens is 336 g/mol. The van der Waals surface area contributed by atoms with E-state index >= 15 is 0 Å². The number of nitrogens with zero attached hydrogens (tertiary/aromatic N) is 4. The number of aliphatic hydroxyl groups is 1. The van der Waals surface area contributed by atoms with Crippen molar-refractivity contribution in [3.8, 4) is 22.3 Å². The van der Waals surface area contributed by atoms with Gasteiger partial charge in [-0.1, -0.05) is 12.1 Å². The highest BCUT2D eigenvalue weighted by Crippen LogP contribution is 2.41. The van der Waals surface area contributed by atoms with Crippen molar-refractivity contribution in [3.05, 3.63) is 91.8 Å². The molecule has 0 fully saturated rings. The van der Waals surface area contributed by atoms with Gasteiger partial charge in [-0.25, -0.2) is 0 Å². The van der Waals surface area contributed by atoms with Gasteiger partial charge in [0.25, 0.3) is 0 Å². The van der Waals surface area contributed by atoms with Crippen LogP contribution in [-0.2, 0) is 0 Å².